The van der Waals surface area contributed by atoms with Crippen LogP contribution >= 0.6 is 0 Å². The number of Topliss-reactive ketones (excluding diaryl/α,β-unsaturated/α-hetero) is 1. The van der Waals surface area contributed by atoms with Crippen molar-refractivity contribution in [3.05, 3.63) is 54.2 Å². The van der Waals surface area contributed by atoms with Gasteiger partial charge in [-0.25, -0.2) is 0 Å². The predicted molar refractivity (Wildman–Crippen MR) is 64.7 cm³/mol. The third-order valence-electron chi connectivity index (χ3n) is 2.53. The van der Waals surface area contributed by atoms with Crippen LogP contribution in [0.25, 0.3) is 11.3 Å². The van der Waals surface area contributed by atoms with Crippen LogP contribution in [0.2, 0.25) is 0 Å². The Morgan fingerprint density at radius 3 is 2.26 bits per heavy atom. The van der Waals surface area contributed by atoms with E-state index in [2.05, 4.69) is 4.98 Å². The number of alkyl halides is 3. The standard InChI is InChI=1S/C14H10F3NO/c15-14(16,17)9-13(19)11-6-4-10(5-7-11)12-3-1-2-8-18-12/h1-8H,9H2. The molecule has 1 aromatic carbocycles. The number of halogens is 3. The lowest BCUT2D eigenvalue weighted by molar-refractivity contribution is -0.125. The van der Waals surface area contributed by atoms with Crippen LogP contribution < -0.4 is 0 Å². The number of ketones is 1. The largest absolute Gasteiger partial charge is 0.396 e. The summed E-state index contributed by atoms with van der Waals surface area (Å²) < 4.78 is 36.3. The molecule has 2 nitrogen and oxygen atoms in total. The number of benzene rings is 1. The second kappa shape index (κ2) is 5.22. The number of hydrogen-bond acceptors (Lipinski definition) is 2. The summed E-state index contributed by atoms with van der Waals surface area (Å²) in [6.07, 6.45) is -4.29. The summed E-state index contributed by atoms with van der Waals surface area (Å²) in [5.41, 5.74) is 1.51. The molecule has 0 unspecified atom stereocenters. The van der Waals surface area contributed by atoms with E-state index < -0.39 is 18.4 Å². The second-order valence-electron chi connectivity index (χ2n) is 4.01. The first-order chi connectivity index (χ1) is 8.96. The average Bonchev–Trinajstić information content (AvgIpc) is 2.38. The highest BCUT2D eigenvalue weighted by Crippen LogP contribution is 2.23. The number of carbonyl (C=O) groups excluding carboxylic acids is 1. The predicted octanol–water partition coefficient (Wildman–Crippen LogP) is 3.88. The molecule has 1 aromatic heterocycles. The molecule has 19 heavy (non-hydrogen) atoms. The molecule has 1 heterocycles. The molecule has 0 bridgehead atoms. The van der Waals surface area contributed by atoms with Gasteiger partial charge in [0.05, 0.1) is 5.69 Å². The Morgan fingerprint density at radius 1 is 1.05 bits per heavy atom. The van der Waals surface area contributed by atoms with Crippen molar-refractivity contribution in [1.82, 2.24) is 4.98 Å². The highest BCUT2D eigenvalue weighted by molar-refractivity contribution is 5.96. The van der Waals surface area contributed by atoms with Crippen LogP contribution in [-0.4, -0.2) is 16.9 Å². The summed E-state index contributed by atoms with van der Waals surface area (Å²) >= 11 is 0. The molecule has 0 saturated heterocycles. The van der Waals surface area contributed by atoms with Crippen molar-refractivity contribution in [2.45, 2.75) is 12.6 Å². The van der Waals surface area contributed by atoms with E-state index in [9.17, 15) is 18.0 Å². The summed E-state index contributed by atoms with van der Waals surface area (Å²) in [4.78, 5) is 15.5. The van der Waals surface area contributed by atoms with E-state index >= 15 is 0 Å². The van der Waals surface area contributed by atoms with Crippen molar-refractivity contribution < 1.29 is 18.0 Å². The highest BCUT2D eigenvalue weighted by atomic mass is 19.4. The first-order valence-corrected chi connectivity index (χ1v) is 5.57. The zero-order chi connectivity index (χ0) is 13.9. The Labute approximate surface area is 107 Å². The van der Waals surface area contributed by atoms with E-state index in [1.807, 2.05) is 6.07 Å². The lowest BCUT2D eigenvalue weighted by atomic mass is 10.0. The van der Waals surface area contributed by atoms with Crippen molar-refractivity contribution in [3.8, 4) is 11.3 Å². The molecule has 0 aliphatic rings. The van der Waals surface area contributed by atoms with Gasteiger partial charge in [0.15, 0.2) is 5.78 Å². The monoisotopic (exact) mass is 265 g/mol. The first-order valence-electron chi connectivity index (χ1n) is 5.57. The van der Waals surface area contributed by atoms with Gasteiger partial charge in [-0.3, -0.25) is 9.78 Å². The number of pyridine rings is 1. The van der Waals surface area contributed by atoms with Crippen molar-refractivity contribution in [2.75, 3.05) is 0 Å². The fourth-order valence-corrected chi connectivity index (χ4v) is 1.64. The minimum atomic E-state index is -4.48. The van der Waals surface area contributed by atoms with Gasteiger partial charge in [0, 0.05) is 17.3 Å². The molecule has 2 aromatic rings. The lowest BCUT2D eigenvalue weighted by Crippen LogP contribution is -2.14. The maximum atomic E-state index is 12.1. The molecular weight excluding hydrogens is 255 g/mol. The van der Waals surface area contributed by atoms with Crippen LogP contribution in [-0.2, 0) is 0 Å². The Morgan fingerprint density at radius 2 is 1.74 bits per heavy atom. The maximum Gasteiger partial charge on any atom is 0.396 e. The number of rotatable bonds is 3. The third-order valence-corrected chi connectivity index (χ3v) is 2.53. The van der Waals surface area contributed by atoms with Crippen LogP contribution in [0, 0.1) is 0 Å². The van der Waals surface area contributed by atoms with Crippen LogP contribution in [0.15, 0.2) is 48.7 Å². The molecule has 0 aliphatic carbocycles. The Kier molecular flexibility index (Phi) is 3.64. The fraction of sp³-hybridized carbons (Fsp3) is 0.143. The van der Waals surface area contributed by atoms with Crippen molar-refractivity contribution >= 4 is 5.78 Å². The average molecular weight is 265 g/mol. The molecule has 0 fully saturated rings. The maximum absolute atomic E-state index is 12.1. The summed E-state index contributed by atoms with van der Waals surface area (Å²) in [6, 6.07) is 11.3. The molecule has 0 N–H and O–H groups in total. The smallest absolute Gasteiger partial charge is 0.294 e. The van der Waals surface area contributed by atoms with Gasteiger partial charge >= 0.3 is 6.18 Å². The van der Waals surface area contributed by atoms with Gasteiger partial charge in [-0.1, -0.05) is 30.3 Å². The molecule has 0 spiro atoms. The van der Waals surface area contributed by atoms with E-state index in [4.69, 9.17) is 0 Å². The second-order valence-corrected chi connectivity index (χ2v) is 4.01. The third kappa shape index (κ3) is 3.64. The quantitative estimate of drug-likeness (QED) is 0.788. The van der Waals surface area contributed by atoms with Crippen molar-refractivity contribution in [1.29, 1.82) is 0 Å². The van der Waals surface area contributed by atoms with E-state index in [-0.39, 0.29) is 5.56 Å². The van der Waals surface area contributed by atoms with Crippen LogP contribution in [0.4, 0.5) is 13.2 Å². The fourth-order valence-electron chi connectivity index (χ4n) is 1.64. The summed E-state index contributed by atoms with van der Waals surface area (Å²) in [7, 11) is 0. The van der Waals surface area contributed by atoms with E-state index in [0.717, 1.165) is 5.56 Å². The summed E-state index contributed by atoms with van der Waals surface area (Å²) in [5, 5.41) is 0. The number of nitrogens with zero attached hydrogens (tertiary/aromatic N) is 1. The molecular formula is C14H10F3NO. The van der Waals surface area contributed by atoms with E-state index in [1.54, 1.807) is 30.5 Å². The lowest BCUT2D eigenvalue weighted by Gasteiger charge is -2.06. The van der Waals surface area contributed by atoms with Gasteiger partial charge in [0.1, 0.15) is 6.42 Å². The molecule has 0 amide bonds. The van der Waals surface area contributed by atoms with Gasteiger partial charge in [-0.15, -0.1) is 0 Å². The normalized spacial score (nSPS) is 11.3. The zero-order valence-electron chi connectivity index (χ0n) is 9.82. The molecule has 5 heteroatoms. The van der Waals surface area contributed by atoms with E-state index in [1.165, 1.54) is 12.1 Å². The molecule has 98 valence electrons. The van der Waals surface area contributed by atoms with Crippen molar-refractivity contribution in [3.63, 3.8) is 0 Å². The number of hydrogen-bond donors (Lipinski definition) is 0. The molecule has 2 rings (SSSR count). The van der Waals surface area contributed by atoms with Gasteiger partial charge in [0.2, 0.25) is 0 Å². The van der Waals surface area contributed by atoms with Crippen LogP contribution in [0.1, 0.15) is 16.8 Å². The SMILES string of the molecule is O=C(CC(F)(F)F)c1ccc(-c2ccccn2)cc1. The highest BCUT2D eigenvalue weighted by Gasteiger charge is 2.31. The Balaban J connectivity index is 2.17. The van der Waals surface area contributed by atoms with Gasteiger partial charge in [0.25, 0.3) is 0 Å². The number of carbonyl (C=O) groups is 1. The van der Waals surface area contributed by atoms with Gasteiger partial charge < -0.3 is 0 Å². The molecule has 0 saturated carbocycles. The topological polar surface area (TPSA) is 30.0 Å². The van der Waals surface area contributed by atoms with Crippen molar-refractivity contribution in [2.24, 2.45) is 0 Å². The van der Waals surface area contributed by atoms with Crippen LogP contribution in [0.5, 0.6) is 0 Å². The molecule has 0 atom stereocenters. The number of aromatic nitrogens is 1. The van der Waals surface area contributed by atoms with E-state index in [0.29, 0.717) is 5.69 Å². The van der Waals surface area contributed by atoms with Gasteiger partial charge in [-0.05, 0) is 12.1 Å². The summed E-state index contributed by atoms with van der Waals surface area (Å²) in [5.74, 6) is -0.930. The summed E-state index contributed by atoms with van der Waals surface area (Å²) in [6.45, 7) is 0. The van der Waals surface area contributed by atoms with Crippen LogP contribution in [0.3, 0.4) is 0 Å². The first kappa shape index (κ1) is 13.3. The molecule has 0 aliphatic heterocycles. The molecule has 0 radical (unpaired) electrons. The Hall–Kier alpha value is -2.17. The minimum Gasteiger partial charge on any atom is -0.294 e. The minimum absolute atomic E-state index is 0.0528. The van der Waals surface area contributed by atoms with Gasteiger partial charge in [-0.2, -0.15) is 13.2 Å². The zero-order valence-corrected chi connectivity index (χ0v) is 9.82. The Bertz CT molecular complexity index is 561.